The number of carbonyl (C=O) groups is 1. The summed E-state index contributed by atoms with van der Waals surface area (Å²) >= 11 is 0. The van der Waals surface area contributed by atoms with Gasteiger partial charge in [0.05, 0.1) is 0 Å². The lowest BCUT2D eigenvalue weighted by Crippen LogP contribution is -2.66. The van der Waals surface area contributed by atoms with E-state index in [0.717, 1.165) is 70.3 Å². The summed E-state index contributed by atoms with van der Waals surface area (Å²) in [6, 6.07) is 16.7. The van der Waals surface area contributed by atoms with E-state index in [1.807, 2.05) is 36.4 Å². The highest BCUT2D eigenvalue weighted by Gasteiger charge is 2.72. The molecule has 5 nitrogen and oxygen atoms in total. The summed E-state index contributed by atoms with van der Waals surface area (Å²) in [5.41, 5.74) is 9.62. The number of nitrogens with two attached hydrogens (primary N) is 1. The van der Waals surface area contributed by atoms with Gasteiger partial charge < -0.3 is 15.7 Å². The van der Waals surface area contributed by atoms with E-state index in [9.17, 15) is 9.90 Å². The molecular weight excluding hydrogens is 446 g/mol. The molecule has 2 heterocycles. The third-order valence-corrected chi connectivity index (χ3v) is 10.5. The molecule has 2 aliphatic heterocycles. The minimum atomic E-state index is -0.0145. The fourth-order valence-electron chi connectivity index (χ4n) is 9.32. The molecule has 2 saturated heterocycles. The molecule has 3 N–H and O–H groups in total. The van der Waals surface area contributed by atoms with Crippen LogP contribution >= 0.6 is 0 Å². The monoisotopic (exact) mass is 487 g/mol. The van der Waals surface area contributed by atoms with Crippen LogP contribution in [0.4, 0.5) is 0 Å². The molecule has 3 fully saturated rings. The summed E-state index contributed by atoms with van der Waals surface area (Å²) in [5.74, 6) is 1.48. The van der Waals surface area contributed by atoms with Gasteiger partial charge in [0.2, 0.25) is 0 Å². The van der Waals surface area contributed by atoms with Gasteiger partial charge in [0.25, 0.3) is 5.91 Å². The highest BCUT2D eigenvalue weighted by atomic mass is 16.3. The first-order chi connectivity index (χ1) is 17.4. The van der Waals surface area contributed by atoms with E-state index < -0.39 is 0 Å². The molecule has 192 valence electrons. The standard InChI is InChI=1S/C31H41N3O2/c1-3-8-26-28-23(20-34(26)29(36)21-9-5-4-6-10-21)19-30(2)27-17-22-11-12-24(35)18-25(22)31(28,30)13-16-33(27)15-7-14-32/h4-6,9-12,18,23,26-28,35H,3,7-8,13-17,19-20,32H2,1-2H3/t23-,26?,27?,28?,30?,31?/m1/s1. The lowest BCUT2D eigenvalue weighted by molar-refractivity contribution is -0.0618. The number of hydrogen-bond acceptors (Lipinski definition) is 4. The molecule has 36 heavy (non-hydrogen) atoms. The van der Waals surface area contributed by atoms with Gasteiger partial charge in [-0.3, -0.25) is 9.69 Å². The summed E-state index contributed by atoms with van der Waals surface area (Å²) in [5, 5.41) is 10.7. The summed E-state index contributed by atoms with van der Waals surface area (Å²) < 4.78 is 0. The Morgan fingerprint density at radius 3 is 2.75 bits per heavy atom. The molecule has 2 aromatic carbocycles. The van der Waals surface area contributed by atoms with Crippen molar-refractivity contribution in [3.8, 4) is 5.75 Å². The molecule has 5 unspecified atom stereocenters. The van der Waals surface area contributed by atoms with Crippen LogP contribution in [0.25, 0.3) is 0 Å². The molecule has 1 saturated carbocycles. The zero-order valence-corrected chi connectivity index (χ0v) is 21.8. The number of rotatable bonds is 6. The van der Waals surface area contributed by atoms with Crippen LogP contribution in [-0.4, -0.2) is 59.1 Å². The first kappa shape index (κ1) is 24.0. The van der Waals surface area contributed by atoms with Crippen LogP contribution in [0, 0.1) is 17.3 Å². The second-order valence-corrected chi connectivity index (χ2v) is 12.0. The predicted molar refractivity (Wildman–Crippen MR) is 143 cm³/mol. The van der Waals surface area contributed by atoms with Crippen molar-refractivity contribution in [2.24, 2.45) is 23.0 Å². The van der Waals surface area contributed by atoms with Gasteiger partial charge >= 0.3 is 0 Å². The molecule has 4 aliphatic rings. The molecule has 2 bridgehead atoms. The fraction of sp³-hybridized carbons (Fsp3) is 0.581. The van der Waals surface area contributed by atoms with E-state index in [1.54, 1.807) is 0 Å². The maximum Gasteiger partial charge on any atom is 0.254 e. The van der Waals surface area contributed by atoms with Gasteiger partial charge in [-0.15, -0.1) is 0 Å². The van der Waals surface area contributed by atoms with Crippen LogP contribution < -0.4 is 5.73 Å². The largest absolute Gasteiger partial charge is 0.508 e. The van der Waals surface area contributed by atoms with E-state index >= 15 is 0 Å². The van der Waals surface area contributed by atoms with E-state index in [0.29, 0.717) is 23.6 Å². The molecule has 2 aromatic rings. The molecule has 6 atom stereocenters. The molecule has 6 rings (SSSR count). The Balaban J connectivity index is 1.47. The average molecular weight is 488 g/mol. The van der Waals surface area contributed by atoms with Crippen molar-refractivity contribution in [1.29, 1.82) is 0 Å². The second-order valence-electron chi connectivity index (χ2n) is 12.0. The Bertz CT molecular complexity index is 1140. The summed E-state index contributed by atoms with van der Waals surface area (Å²) in [4.78, 5) is 18.8. The van der Waals surface area contributed by atoms with Crippen molar-refractivity contribution in [2.75, 3.05) is 26.2 Å². The van der Waals surface area contributed by atoms with Crippen LogP contribution in [0.15, 0.2) is 48.5 Å². The van der Waals surface area contributed by atoms with E-state index in [-0.39, 0.29) is 22.8 Å². The lowest BCUT2D eigenvalue weighted by atomic mass is 9.48. The molecule has 2 aliphatic carbocycles. The second kappa shape index (κ2) is 8.88. The molecule has 0 aromatic heterocycles. The van der Waals surface area contributed by atoms with Crippen LogP contribution in [0.1, 0.15) is 67.4 Å². The zero-order valence-electron chi connectivity index (χ0n) is 21.8. The molecule has 1 amide bonds. The van der Waals surface area contributed by atoms with Crippen molar-refractivity contribution >= 4 is 5.91 Å². The highest BCUT2D eigenvalue weighted by molar-refractivity contribution is 5.94. The zero-order chi connectivity index (χ0) is 25.1. The number of likely N-dealkylation sites (tertiary alicyclic amines) is 2. The smallest absolute Gasteiger partial charge is 0.254 e. The minimum Gasteiger partial charge on any atom is -0.508 e. The topological polar surface area (TPSA) is 69.8 Å². The van der Waals surface area contributed by atoms with Crippen molar-refractivity contribution < 1.29 is 9.90 Å². The lowest BCUT2D eigenvalue weighted by Gasteiger charge is -2.63. The number of piperidine rings is 1. The average Bonchev–Trinajstić information content (AvgIpc) is 3.36. The van der Waals surface area contributed by atoms with Gasteiger partial charge in [0, 0.05) is 29.6 Å². The summed E-state index contributed by atoms with van der Waals surface area (Å²) in [6.07, 6.45) is 6.42. The van der Waals surface area contributed by atoms with Crippen LogP contribution in [-0.2, 0) is 11.8 Å². The number of carbonyl (C=O) groups excluding carboxylic acids is 1. The number of fused-ring (bicyclic) bond motifs is 2. The normalized spacial score (nSPS) is 34.8. The number of phenols is 1. The van der Waals surface area contributed by atoms with E-state index in [4.69, 9.17) is 5.73 Å². The van der Waals surface area contributed by atoms with Gasteiger partial charge in [-0.2, -0.15) is 0 Å². The Labute approximate surface area is 215 Å². The first-order valence-electron chi connectivity index (χ1n) is 14.1. The third kappa shape index (κ3) is 3.24. The van der Waals surface area contributed by atoms with Crippen LogP contribution in [0.2, 0.25) is 0 Å². The van der Waals surface area contributed by atoms with Crippen molar-refractivity contribution in [2.45, 2.75) is 69.9 Å². The number of benzene rings is 2. The quantitative estimate of drug-likeness (QED) is 0.626. The van der Waals surface area contributed by atoms with Crippen LogP contribution in [0.3, 0.4) is 0 Å². The fourth-order valence-corrected chi connectivity index (χ4v) is 9.32. The summed E-state index contributed by atoms with van der Waals surface area (Å²) in [6.45, 7) is 8.52. The van der Waals surface area contributed by atoms with Gasteiger partial charge in [-0.25, -0.2) is 0 Å². The predicted octanol–water partition coefficient (Wildman–Crippen LogP) is 4.58. The molecule has 5 heteroatoms. The van der Waals surface area contributed by atoms with Crippen molar-refractivity contribution in [3.63, 3.8) is 0 Å². The Morgan fingerprint density at radius 2 is 2.00 bits per heavy atom. The SMILES string of the molecule is CCCC1C2[C@@H](CN1C(=O)c1ccccc1)CC1(C)C3Cc4ccc(O)cc4C21CCN3CCCN. The summed E-state index contributed by atoms with van der Waals surface area (Å²) in [7, 11) is 0. The first-order valence-corrected chi connectivity index (χ1v) is 14.1. The van der Waals surface area contributed by atoms with Gasteiger partial charge in [-0.1, -0.05) is 44.5 Å². The molecule has 0 radical (unpaired) electrons. The highest BCUT2D eigenvalue weighted by Crippen LogP contribution is 2.71. The molecule has 0 spiro atoms. The van der Waals surface area contributed by atoms with Gasteiger partial charge in [0.15, 0.2) is 0 Å². The number of amides is 1. The van der Waals surface area contributed by atoms with Crippen molar-refractivity contribution in [1.82, 2.24) is 9.80 Å². The number of hydrogen-bond donors (Lipinski definition) is 2. The number of nitrogens with zero attached hydrogens (tertiary/aromatic N) is 2. The molecular formula is C31H41N3O2. The van der Waals surface area contributed by atoms with Crippen LogP contribution in [0.5, 0.6) is 5.75 Å². The third-order valence-electron chi connectivity index (χ3n) is 10.5. The van der Waals surface area contributed by atoms with E-state index in [2.05, 4.69) is 35.8 Å². The minimum absolute atomic E-state index is 0.0145. The Morgan fingerprint density at radius 1 is 1.19 bits per heavy atom. The van der Waals surface area contributed by atoms with Crippen molar-refractivity contribution in [3.05, 3.63) is 65.2 Å². The maximum absolute atomic E-state index is 13.8. The Hall–Kier alpha value is -2.37. The number of aromatic hydroxyl groups is 1. The van der Waals surface area contributed by atoms with Gasteiger partial charge in [0.1, 0.15) is 5.75 Å². The van der Waals surface area contributed by atoms with E-state index in [1.165, 1.54) is 11.1 Å². The number of phenolic OH excluding ortho intramolecular Hbond substituents is 1. The Kier molecular flexibility index (Phi) is 5.92. The maximum atomic E-state index is 13.8. The van der Waals surface area contributed by atoms with Gasteiger partial charge in [-0.05, 0) is 104 Å².